The summed E-state index contributed by atoms with van der Waals surface area (Å²) in [6, 6.07) is 7.39. The minimum Gasteiger partial charge on any atom is -0.476 e. The molecule has 0 amide bonds. The molecule has 2 heterocycles. The van der Waals surface area contributed by atoms with Crippen molar-refractivity contribution >= 4 is 22.6 Å². The van der Waals surface area contributed by atoms with Crippen molar-refractivity contribution in [1.82, 2.24) is 10.2 Å². The van der Waals surface area contributed by atoms with Crippen molar-refractivity contribution in [3.63, 3.8) is 0 Å². The Balaban J connectivity index is 2.11. The lowest BCUT2D eigenvalue weighted by Gasteiger charge is -2.37. The Bertz CT molecular complexity index is 690. The molecule has 1 fully saturated rings. The lowest BCUT2D eigenvalue weighted by atomic mass is 9.93. The van der Waals surface area contributed by atoms with Gasteiger partial charge in [-0.05, 0) is 25.8 Å². The molecule has 0 unspecified atom stereocenters. The Kier molecular flexibility index (Phi) is 3.25. The number of benzene rings is 1. The summed E-state index contributed by atoms with van der Waals surface area (Å²) in [5.74, 6) is -1.08. The number of aromatic nitrogens is 2. The molecule has 0 radical (unpaired) electrons. The average Bonchev–Trinajstić information content (AvgIpc) is 2.46. The average molecular weight is 287 g/mol. The quantitative estimate of drug-likeness (QED) is 0.874. The van der Waals surface area contributed by atoms with Crippen molar-refractivity contribution in [2.24, 2.45) is 0 Å². The van der Waals surface area contributed by atoms with Gasteiger partial charge in [0.15, 0.2) is 5.69 Å². The van der Waals surface area contributed by atoms with Gasteiger partial charge in [0.1, 0.15) is 0 Å². The largest absolute Gasteiger partial charge is 0.476 e. The Morgan fingerprint density at radius 2 is 1.90 bits per heavy atom. The van der Waals surface area contributed by atoms with E-state index in [4.69, 9.17) is 0 Å². The van der Waals surface area contributed by atoms with Gasteiger partial charge in [-0.25, -0.2) is 4.79 Å². The van der Waals surface area contributed by atoms with Crippen LogP contribution in [0.15, 0.2) is 24.3 Å². The molecule has 0 bridgehead atoms. The molecule has 0 atom stereocenters. The van der Waals surface area contributed by atoms with Gasteiger partial charge in [-0.15, -0.1) is 10.2 Å². The van der Waals surface area contributed by atoms with Gasteiger partial charge in [-0.1, -0.05) is 18.2 Å². The van der Waals surface area contributed by atoms with E-state index in [1.165, 1.54) is 0 Å². The van der Waals surface area contributed by atoms with Gasteiger partial charge >= 0.3 is 5.97 Å². The summed E-state index contributed by atoms with van der Waals surface area (Å²) >= 11 is 0. The second-order valence-corrected chi connectivity index (χ2v) is 5.70. The number of nitrogens with zero attached hydrogens (tertiary/aromatic N) is 3. The number of aromatic carboxylic acids is 1. The number of piperidine rings is 1. The van der Waals surface area contributed by atoms with Crippen molar-refractivity contribution in [2.45, 2.75) is 25.4 Å². The molecule has 2 N–H and O–H groups in total. The molecule has 1 saturated heterocycles. The molecular weight excluding hydrogens is 270 g/mol. The molecule has 0 spiro atoms. The van der Waals surface area contributed by atoms with Crippen LogP contribution < -0.4 is 4.90 Å². The lowest BCUT2D eigenvalue weighted by molar-refractivity contribution is 0.0351. The van der Waals surface area contributed by atoms with Gasteiger partial charge in [-0.3, -0.25) is 0 Å². The second kappa shape index (κ2) is 4.96. The molecular formula is C15H17N3O3. The van der Waals surface area contributed by atoms with E-state index in [0.717, 1.165) is 5.39 Å². The van der Waals surface area contributed by atoms with Crippen LogP contribution in [0, 0.1) is 0 Å². The van der Waals surface area contributed by atoms with Crippen LogP contribution in [-0.2, 0) is 0 Å². The van der Waals surface area contributed by atoms with Gasteiger partial charge in [0.05, 0.1) is 16.8 Å². The number of fused-ring (bicyclic) bond motifs is 1. The molecule has 6 heteroatoms. The fourth-order valence-corrected chi connectivity index (χ4v) is 2.72. The first-order chi connectivity index (χ1) is 9.98. The summed E-state index contributed by atoms with van der Waals surface area (Å²) in [6.45, 7) is 3.01. The van der Waals surface area contributed by atoms with Gasteiger partial charge < -0.3 is 15.1 Å². The van der Waals surface area contributed by atoms with Crippen molar-refractivity contribution < 1.29 is 15.0 Å². The first-order valence-corrected chi connectivity index (χ1v) is 6.94. The first kappa shape index (κ1) is 13.8. The standard InChI is InChI=1S/C15H17N3O3/c1-15(21)6-8-18(9-7-15)13-10-4-2-3-5-11(10)16-17-12(13)14(19)20/h2-5,21H,6-9H2,1H3,(H,19,20). The SMILES string of the molecule is CC1(O)CCN(c2c(C(=O)O)nnc3ccccc23)CC1. The molecule has 1 aliphatic rings. The van der Waals surface area contributed by atoms with E-state index in [9.17, 15) is 15.0 Å². The first-order valence-electron chi connectivity index (χ1n) is 6.94. The van der Waals surface area contributed by atoms with Crippen molar-refractivity contribution in [2.75, 3.05) is 18.0 Å². The number of carboxylic acids is 1. The number of anilines is 1. The molecule has 2 aromatic rings. The smallest absolute Gasteiger partial charge is 0.358 e. The Labute approximate surface area is 122 Å². The highest BCUT2D eigenvalue weighted by Crippen LogP contribution is 2.32. The Hall–Kier alpha value is -2.21. The fourth-order valence-electron chi connectivity index (χ4n) is 2.72. The molecule has 3 rings (SSSR count). The van der Waals surface area contributed by atoms with E-state index >= 15 is 0 Å². The molecule has 0 saturated carbocycles. The second-order valence-electron chi connectivity index (χ2n) is 5.70. The summed E-state index contributed by atoms with van der Waals surface area (Å²) < 4.78 is 0. The molecule has 1 aromatic heterocycles. The predicted molar refractivity (Wildman–Crippen MR) is 78.6 cm³/mol. The predicted octanol–water partition coefficient (Wildman–Crippen LogP) is 1.68. The van der Waals surface area contributed by atoms with E-state index in [0.29, 0.717) is 37.1 Å². The number of rotatable bonds is 2. The maximum absolute atomic E-state index is 11.5. The van der Waals surface area contributed by atoms with Crippen molar-refractivity contribution in [1.29, 1.82) is 0 Å². The summed E-state index contributed by atoms with van der Waals surface area (Å²) in [7, 11) is 0. The number of aliphatic hydroxyl groups is 1. The molecule has 1 aromatic carbocycles. The highest BCUT2D eigenvalue weighted by atomic mass is 16.4. The van der Waals surface area contributed by atoms with Crippen LogP contribution >= 0.6 is 0 Å². The maximum atomic E-state index is 11.5. The Morgan fingerprint density at radius 1 is 1.24 bits per heavy atom. The van der Waals surface area contributed by atoms with Crippen LogP contribution in [0.1, 0.15) is 30.3 Å². The number of carbonyl (C=O) groups is 1. The van der Waals surface area contributed by atoms with E-state index < -0.39 is 11.6 Å². The van der Waals surface area contributed by atoms with Gasteiger partial charge in [0.25, 0.3) is 0 Å². The van der Waals surface area contributed by atoms with E-state index in [1.807, 2.05) is 36.1 Å². The van der Waals surface area contributed by atoms with Crippen LogP contribution in [0.4, 0.5) is 5.69 Å². The Morgan fingerprint density at radius 3 is 2.57 bits per heavy atom. The van der Waals surface area contributed by atoms with E-state index in [2.05, 4.69) is 10.2 Å². The van der Waals surface area contributed by atoms with E-state index in [-0.39, 0.29) is 5.69 Å². The van der Waals surface area contributed by atoms with E-state index in [1.54, 1.807) is 0 Å². The topological polar surface area (TPSA) is 86.5 Å². The summed E-state index contributed by atoms with van der Waals surface area (Å²) in [6.07, 6.45) is 1.20. The van der Waals surface area contributed by atoms with Gasteiger partial charge in [0.2, 0.25) is 0 Å². The van der Waals surface area contributed by atoms with Crippen LogP contribution in [0.5, 0.6) is 0 Å². The number of hydrogen-bond donors (Lipinski definition) is 2. The third-order valence-corrected chi connectivity index (χ3v) is 4.00. The molecule has 0 aliphatic carbocycles. The van der Waals surface area contributed by atoms with Gasteiger partial charge in [-0.2, -0.15) is 0 Å². The van der Waals surface area contributed by atoms with Gasteiger partial charge in [0, 0.05) is 18.5 Å². The minimum atomic E-state index is -1.08. The van der Waals surface area contributed by atoms with Crippen LogP contribution in [-0.4, -0.2) is 45.1 Å². The highest BCUT2D eigenvalue weighted by Gasteiger charge is 2.30. The highest BCUT2D eigenvalue weighted by molar-refractivity contribution is 6.02. The summed E-state index contributed by atoms with van der Waals surface area (Å²) in [5, 5.41) is 28.1. The maximum Gasteiger partial charge on any atom is 0.358 e. The van der Waals surface area contributed by atoms with Crippen molar-refractivity contribution in [3.05, 3.63) is 30.0 Å². The van der Waals surface area contributed by atoms with Crippen LogP contribution in [0.2, 0.25) is 0 Å². The number of carboxylic acid groups (broad SMARTS) is 1. The molecule has 1 aliphatic heterocycles. The fraction of sp³-hybridized carbons (Fsp3) is 0.400. The number of hydrogen-bond acceptors (Lipinski definition) is 5. The molecule has 110 valence electrons. The summed E-state index contributed by atoms with van der Waals surface area (Å²) in [5.41, 5.74) is 0.560. The summed E-state index contributed by atoms with van der Waals surface area (Å²) in [4.78, 5) is 13.4. The monoisotopic (exact) mass is 287 g/mol. The third kappa shape index (κ3) is 2.54. The molecule has 21 heavy (non-hydrogen) atoms. The minimum absolute atomic E-state index is 0.0322. The zero-order valence-electron chi connectivity index (χ0n) is 11.8. The molecule has 6 nitrogen and oxygen atoms in total. The lowest BCUT2D eigenvalue weighted by Crippen LogP contribution is -2.43. The van der Waals surface area contributed by atoms with Crippen molar-refractivity contribution in [3.8, 4) is 0 Å². The zero-order chi connectivity index (χ0) is 15.0. The van der Waals surface area contributed by atoms with Crippen LogP contribution in [0.3, 0.4) is 0 Å². The normalized spacial score (nSPS) is 17.9. The third-order valence-electron chi connectivity index (χ3n) is 4.00. The van der Waals surface area contributed by atoms with Crippen LogP contribution in [0.25, 0.3) is 10.9 Å². The zero-order valence-corrected chi connectivity index (χ0v) is 11.8.